The second-order valence-corrected chi connectivity index (χ2v) is 6.63. The lowest BCUT2D eigenvalue weighted by Gasteiger charge is -2.27. The number of nitrogens with zero attached hydrogens (tertiary/aromatic N) is 1. The molecule has 0 aromatic carbocycles. The summed E-state index contributed by atoms with van der Waals surface area (Å²) in [5.41, 5.74) is 0. The molecule has 0 spiro atoms. The van der Waals surface area contributed by atoms with Gasteiger partial charge in [0.25, 0.3) is 0 Å². The number of nitrogens with one attached hydrogen (secondary N) is 2. The molecule has 2 N–H and O–H groups in total. The zero-order chi connectivity index (χ0) is 12.7. The first-order chi connectivity index (χ1) is 8.03. The molecule has 1 aliphatic heterocycles. The van der Waals surface area contributed by atoms with Gasteiger partial charge in [0.2, 0.25) is 10.0 Å². The highest BCUT2D eigenvalue weighted by molar-refractivity contribution is 7.89. The summed E-state index contributed by atoms with van der Waals surface area (Å²) in [5, 5.41) is 3.27. The number of hydrogen-bond donors (Lipinski definition) is 2. The Morgan fingerprint density at radius 1 is 1.26 bits per heavy atom. The molecule has 1 atom stereocenters. The van der Waals surface area contributed by atoms with Gasteiger partial charge in [0.1, 0.15) is 0 Å². The third-order valence-corrected chi connectivity index (χ3v) is 4.81. The van der Waals surface area contributed by atoms with Crippen molar-refractivity contribution in [3.63, 3.8) is 0 Å². The van der Waals surface area contributed by atoms with E-state index in [1.54, 1.807) is 0 Å². The van der Waals surface area contributed by atoms with E-state index in [1.807, 2.05) is 13.8 Å². The molecule has 0 saturated carbocycles. The van der Waals surface area contributed by atoms with Crippen LogP contribution in [0.25, 0.3) is 0 Å². The van der Waals surface area contributed by atoms with Crippen molar-refractivity contribution in [1.82, 2.24) is 14.9 Å². The van der Waals surface area contributed by atoms with Crippen LogP contribution in [0.5, 0.6) is 0 Å². The number of rotatable bonds is 7. The molecule has 0 aliphatic carbocycles. The molecule has 0 aromatic rings. The van der Waals surface area contributed by atoms with Gasteiger partial charge in [0.05, 0.1) is 5.75 Å². The fourth-order valence-electron chi connectivity index (χ4n) is 1.85. The van der Waals surface area contributed by atoms with Crippen LogP contribution < -0.4 is 10.0 Å². The summed E-state index contributed by atoms with van der Waals surface area (Å²) in [7, 11) is -3.09. The Labute approximate surface area is 129 Å². The molecular formula is C11H27Cl2N3O2S. The van der Waals surface area contributed by atoms with E-state index in [0.717, 1.165) is 39.1 Å². The molecule has 8 heteroatoms. The van der Waals surface area contributed by atoms with Crippen molar-refractivity contribution in [1.29, 1.82) is 0 Å². The Morgan fingerprint density at radius 2 is 1.84 bits per heavy atom. The summed E-state index contributed by atoms with van der Waals surface area (Å²) in [6, 6.07) is 0. The van der Waals surface area contributed by atoms with Crippen LogP contribution in [0, 0.1) is 5.92 Å². The van der Waals surface area contributed by atoms with E-state index < -0.39 is 10.0 Å². The first-order valence-corrected chi connectivity index (χ1v) is 8.09. The number of sulfonamides is 1. The summed E-state index contributed by atoms with van der Waals surface area (Å²) >= 11 is 0. The number of hydrogen-bond acceptors (Lipinski definition) is 4. The lowest BCUT2D eigenvalue weighted by Crippen LogP contribution is -2.46. The zero-order valence-corrected chi connectivity index (χ0v) is 14.2. The van der Waals surface area contributed by atoms with Gasteiger partial charge in [-0.15, -0.1) is 24.8 Å². The minimum atomic E-state index is -3.09. The molecule has 19 heavy (non-hydrogen) atoms. The fourth-order valence-corrected chi connectivity index (χ4v) is 3.35. The average Bonchev–Trinajstić information content (AvgIpc) is 2.29. The van der Waals surface area contributed by atoms with Crippen molar-refractivity contribution in [3.8, 4) is 0 Å². The molecule has 1 unspecified atom stereocenters. The molecule has 1 heterocycles. The lowest BCUT2D eigenvalue weighted by molar-refractivity contribution is 0.245. The predicted molar refractivity (Wildman–Crippen MR) is 85.1 cm³/mol. The average molecular weight is 336 g/mol. The van der Waals surface area contributed by atoms with Crippen LogP contribution in [-0.4, -0.2) is 58.3 Å². The molecule has 1 aliphatic rings. The maximum atomic E-state index is 11.7. The van der Waals surface area contributed by atoms with E-state index in [4.69, 9.17) is 0 Å². The standard InChI is InChI=1S/C11H25N3O2S.2ClH/c1-3-11(2)10-17(15,16)13-6-9-14-7-4-12-5-8-14;;/h11-13H,3-10H2,1-2H3;2*1H. The van der Waals surface area contributed by atoms with Crippen molar-refractivity contribution in [3.05, 3.63) is 0 Å². The summed E-state index contributed by atoms with van der Waals surface area (Å²) in [5.74, 6) is 0.470. The third kappa shape index (κ3) is 9.87. The van der Waals surface area contributed by atoms with E-state index >= 15 is 0 Å². The Hall–Kier alpha value is 0.410. The Balaban J connectivity index is 0. The van der Waals surface area contributed by atoms with Crippen molar-refractivity contribution in [2.45, 2.75) is 20.3 Å². The van der Waals surface area contributed by atoms with Gasteiger partial charge in [0, 0.05) is 39.3 Å². The van der Waals surface area contributed by atoms with E-state index in [2.05, 4.69) is 14.9 Å². The molecule has 0 bridgehead atoms. The monoisotopic (exact) mass is 335 g/mol. The third-order valence-electron chi connectivity index (χ3n) is 3.16. The van der Waals surface area contributed by atoms with E-state index in [9.17, 15) is 8.42 Å². The van der Waals surface area contributed by atoms with Crippen LogP contribution in [0.3, 0.4) is 0 Å². The molecular weight excluding hydrogens is 309 g/mol. The number of halogens is 2. The first kappa shape index (κ1) is 21.7. The quantitative estimate of drug-likeness (QED) is 0.719. The van der Waals surface area contributed by atoms with Crippen molar-refractivity contribution in [2.75, 3.05) is 45.0 Å². The van der Waals surface area contributed by atoms with E-state index in [0.29, 0.717) is 6.54 Å². The Bertz CT molecular complexity index is 309. The highest BCUT2D eigenvalue weighted by atomic mass is 35.5. The minimum absolute atomic E-state index is 0. The minimum Gasteiger partial charge on any atom is -0.314 e. The molecule has 0 amide bonds. The number of piperazine rings is 1. The van der Waals surface area contributed by atoms with Crippen molar-refractivity contribution < 1.29 is 8.42 Å². The van der Waals surface area contributed by atoms with Crippen LogP contribution in [0.4, 0.5) is 0 Å². The van der Waals surface area contributed by atoms with Gasteiger partial charge in [0.15, 0.2) is 0 Å². The normalized spacial score (nSPS) is 18.2. The molecule has 1 saturated heterocycles. The van der Waals surface area contributed by atoms with E-state index in [1.165, 1.54) is 0 Å². The van der Waals surface area contributed by atoms with Crippen LogP contribution in [0.2, 0.25) is 0 Å². The predicted octanol–water partition coefficient (Wildman–Crippen LogP) is 0.701. The van der Waals surface area contributed by atoms with Crippen LogP contribution in [0.1, 0.15) is 20.3 Å². The molecule has 118 valence electrons. The SMILES string of the molecule is CCC(C)CS(=O)(=O)NCCN1CCNCC1.Cl.Cl. The Morgan fingerprint density at radius 3 is 2.37 bits per heavy atom. The topological polar surface area (TPSA) is 61.4 Å². The van der Waals surface area contributed by atoms with Gasteiger partial charge in [-0.25, -0.2) is 13.1 Å². The maximum Gasteiger partial charge on any atom is 0.211 e. The largest absolute Gasteiger partial charge is 0.314 e. The second-order valence-electron chi connectivity index (χ2n) is 4.78. The molecule has 0 aromatic heterocycles. The Kier molecular flexibility index (Phi) is 12.7. The van der Waals surface area contributed by atoms with Gasteiger partial charge < -0.3 is 5.32 Å². The van der Waals surface area contributed by atoms with Gasteiger partial charge in [-0.3, -0.25) is 4.90 Å². The van der Waals surface area contributed by atoms with Gasteiger partial charge in [-0.1, -0.05) is 20.3 Å². The molecule has 0 radical (unpaired) electrons. The van der Waals surface area contributed by atoms with Crippen LogP contribution in [-0.2, 0) is 10.0 Å². The van der Waals surface area contributed by atoms with Crippen LogP contribution >= 0.6 is 24.8 Å². The molecule has 1 rings (SSSR count). The van der Waals surface area contributed by atoms with Gasteiger partial charge >= 0.3 is 0 Å². The lowest BCUT2D eigenvalue weighted by atomic mass is 10.2. The van der Waals surface area contributed by atoms with Gasteiger partial charge in [-0.05, 0) is 5.92 Å². The van der Waals surface area contributed by atoms with Crippen molar-refractivity contribution in [2.24, 2.45) is 5.92 Å². The smallest absolute Gasteiger partial charge is 0.211 e. The van der Waals surface area contributed by atoms with Crippen LogP contribution in [0.15, 0.2) is 0 Å². The molecule has 5 nitrogen and oxygen atoms in total. The summed E-state index contributed by atoms with van der Waals surface area (Å²) in [6.07, 6.45) is 0.901. The molecule has 1 fully saturated rings. The fraction of sp³-hybridized carbons (Fsp3) is 1.00. The maximum absolute atomic E-state index is 11.7. The second kappa shape index (κ2) is 11.1. The highest BCUT2D eigenvalue weighted by Gasteiger charge is 2.15. The summed E-state index contributed by atoms with van der Waals surface area (Å²) in [4.78, 5) is 2.28. The summed E-state index contributed by atoms with van der Waals surface area (Å²) in [6.45, 7) is 9.33. The zero-order valence-electron chi connectivity index (χ0n) is 11.7. The summed E-state index contributed by atoms with van der Waals surface area (Å²) < 4.78 is 26.1. The first-order valence-electron chi connectivity index (χ1n) is 6.44. The highest BCUT2D eigenvalue weighted by Crippen LogP contribution is 2.03. The van der Waals surface area contributed by atoms with E-state index in [-0.39, 0.29) is 36.5 Å². The van der Waals surface area contributed by atoms with Crippen molar-refractivity contribution >= 4 is 34.8 Å². The van der Waals surface area contributed by atoms with Gasteiger partial charge in [-0.2, -0.15) is 0 Å².